The molecule has 0 radical (unpaired) electrons. The number of hydrogen-bond donors (Lipinski definition) is 1. The third kappa shape index (κ3) is 8.20. The molecule has 1 N–H and O–H groups in total. The van der Waals surface area contributed by atoms with Gasteiger partial charge in [0.25, 0.3) is 0 Å². The summed E-state index contributed by atoms with van der Waals surface area (Å²) < 4.78 is 40.8. The molecule has 3 rings (SSSR count). The van der Waals surface area contributed by atoms with Crippen LogP contribution in [0.15, 0.2) is 102 Å². The van der Waals surface area contributed by atoms with Gasteiger partial charge < -0.3 is 9.88 Å². The molecule has 7 heteroatoms. The molecule has 1 atom stereocenters. The van der Waals surface area contributed by atoms with Crippen LogP contribution in [0.5, 0.6) is 0 Å². The second kappa shape index (κ2) is 12.3. The molecule has 1 unspecified atom stereocenters. The zero-order chi connectivity index (χ0) is 27.9. The van der Waals surface area contributed by atoms with E-state index in [4.69, 9.17) is 0 Å². The van der Waals surface area contributed by atoms with Crippen molar-refractivity contribution < 1.29 is 18.0 Å². The maximum Gasteiger partial charge on any atom is 0.416 e. The van der Waals surface area contributed by atoms with Crippen LogP contribution in [-0.2, 0) is 17.5 Å². The first-order valence-corrected chi connectivity index (χ1v) is 12.7. The Bertz CT molecular complexity index is 1280. The van der Waals surface area contributed by atoms with Crippen LogP contribution < -0.4 is 5.32 Å². The fourth-order valence-corrected chi connectivity index (χ4v) is 4.70. The Hall–Kier alpha value is -3.61. The van der Waals surface area contributed by atoms with Crippen LogP contribution in [-0.4, -0.2) is 15.5 Å². The second-order valence-electron chi connectivity index (χ2n) is 10.5. The van der Waals surface area contributed by atoms with Crippen LogP contribution in [0.3, 0.4) is 0 Å². The number of benzene rings is 1. The van der Waals surface area contributed by atoms with Crippen LogP contribution in [0, 0.1) is 11.3 Å². The number of amides is 1. The molecule has 4 nitrogen and oxygen atoms in total. The lowest BCUT2D eigenvalue weighted by molar-refractivity contribution is -0.137. The molecule has 1 aliphatic rings. The number of carbonyl (C=O) groups excluding carboxylic acids is 1. The minimum atomic E-state index is -4.46. The molecule has 0 fully saturated rings. The number of nitrogens with zero attached hydrogens (tertiary/aromatic N) is 2. The van der Waals surface area contributed by atoms with Crippen molar-refractivity contribution in [3.63, 3.8) is 0 Å². The Kier molecular flexibility index (Phi) is 9.36. The van der Waals surface area contributed by atoms with Crippen molar-refractivity contribution in [2.24, 2.45) is 11.3 Å². The molecule has 0 bridgehead atoms. The third-order valence-electron chi connectivity index (χ3n) is 6.92. The maximum atomic E-state index is 12.9. The lowest BCUT2D eigenvalue weighted by Crippen LogP contribution is -2.26. The quantitative estimate of drug-likeness (QED) is 0.279. The molecule has 1 heterocycles. The van der Waals surface area contributed by atoms with Crippen molar-refractivity contribution >= 4 is 11.6 Å². The van der Waals surface area contributed by atoms with E-state index in [1.165, 1.54) is 29.4 Å². The smallest absolute Gasteiger partial charge is 0.337 e. The minimum absolute atomic E-state index is 0.0984. The van der Waals surface area contributed by atoms with Gasteiger partial charge in [0.05, 0.1) is 11.9 Å². The monoisotopic (exact) mass is 523 g/mol. The summed E-state index contributed by atoms with van der Waals surface area (Å²) in [5.74, 6) is -0.00446. The van der Waals surface area contributed by atoms with Crippen molar-refractivity contribution in [2.75, 3.05) is 5.32 Å². The van der Waals surface area contributed by atoms with E-state index in [9.17, 15) is 18.0 Å². The maximum absolute atomic E-state index is 12.9. The summed E-state index contributed by atoms with van der Waals surface area (Å²) in [6, 6.07) is 4.58. The van der Waals surface area contributed by atoms with Gasteiger partial charge in [-0.2, -0.15) is 13.2 Å². The zero-order valence-corrected chi connectivity index (χ0v) is 22.6. The largest absolute Gasteiger partial charge is 0.416 e. The summed E-state index contributed by atoms with van der Waals surface area (Å²) in [5.41, 5.74) is 3.93. The predicted molar refractivity (Wildman–Crippen MR) is 147 cm³/mol. The van der Waals surface area contributed by atoms with E-state index in [2.05, 4.69) is 47.8 Å². The van der Waals surface area contributed by atoms with E-state index in [0.717, 1.165) is 37.1 Å². The van der Waals surface area contributed by atoms with E-state index in [-0.39, 0.29) is 11.1 Å². The van der Waals surface area contributed by atoms with Gasteiger partial charge in [-0.05, 0) is 74.3 Å². The highest BCUT2D eigenvalue weighted by atomic mass is 19.4. The number of hydrogen-bond acceptors (Lipinski definition) is 2. The summed E-state index contributed by atoms with van der Waals surface area (Å²) in [6.07, 6.45) is 14.8. The van der Waals surface area contributed by atoms with Gasteiger partial charge in [-0.15, -0.1) is 0 Å². The first kappa shape index (κ1) is 29.0. The number of carbonyl (C=O) groups is 1. The fraction of sp³-hybridized carbons (Fsp3) is 0.355. The topological polar surface area (TPSA) is 46.9 Å². The molecule has 1 aliphatic carbocycles. The summed E-state index contributed by atoms with van der Waals surface area (Å²) in [4.78, 5) is 16.4. The van der Waals surface area contributed by atoms with Crippen molar-refractivity contribution in [3.05, 3.63) is 107 Å². The molecule has 0 saturated heterocycles. The molecular weight excluding hydrogens is 487 g/mol. The molecule has 1 aromatic carbocycles. The minimum Gasteiger partial charge on any atom is -0.337 e. The molecule has 0 saturated carbocycles. The number of aromatic nitrogens is 2. The van der Waals surface area contributed by atoms with Crippen molar-refractivity contribution in [2.45, 2.75) is 60.2 Å². The Morgan fingerprint density at radius 1 is 1.21 bits per heavy atom. The van der Waals surface area contributed by atoms with Gasteiger partial charge in [0.1, 0.15) is 0 Å². The van der Waals surface area contributed by atoms with E-state index in [1.54, 1.807) is 13.0 Å². The van der Waals surface area contributed by atoms with Gasteiger partial charge in [-0.3, -0.25) is 4.79 Å². The van der Waals surface area contributed by atoms with Crippen LogP contribution in [0.4, 0.5) is 18.9 Å². The lowest BCUT2D eigenvalue weighted by Gasteiger charge is -2.37. The zero-order valence-electron chi connectivity index (χ0n) is 22.6. The number of halogens is 3. The molecule has 0 spiro atoms. The average molecular weight is 524 g/mol. The van der Waals surface area contributed by atoms with Gasteiger partial charge in [0, 0.05) is 30.7 Å². The van der Waals surface area contributed by atoms with Gasteiger partial charge in [-0.1, -0.05) is 61.4 Å². The van der Waals surface area contributed by atoms with Crippen LogP contribution in [0.1, 0.15) is 53.0 Å². The molecule has 0 aliphatic heterocycles. The van der Waals surface area contributed by atoms with Crippen molar-refractivity contribution in [1.82, 2.24) is 9.55 Å². The number of rotatable bonds is 8. The first-order valence-electron chi connectivity index (χ1n) is 12.7. The average Bonchev–Trinajstić information content (AvgIpc) is 3.33. The summed E-state index contributed by atoms with van der Waals surface area (Å²) in [6.45, 7) is 11.5. The predicted octanol–water partition coefficient (Wildman–Crippen LogP) is 8.30. The summed E-state index contributed by atoms with van der Waals surface area (Å²) in [5, 5.41) is 2.48. The van der Waals surface area contributed by atoms with Gasteiger partial charge in [0.15, 0.2) is 0 Å². The van der Waals surface area contributed by atoms with Crippen molar-refractivity contribution in [3.8, 4) is 0 Å². The molecule has 202 valence electrons. The molecular formula is C31H36F3N3O. The number of allylic oxidation sites excluding steroid dienone is 9. The number of nitrogens with one attached hydrogen (secondary N) is 1. The molecule has 2 aromatic rings. The van der Waals surface area contributed by atoms with Crippen LogP contribution >= 0.6 is 0 Å². The lowest BCUT2D eigenvalue weighted by atomic mass is 9.68. The number of imidazole rings is 1. The van der Waals surface area contributed by atoms with Crippen LogP contribution in [0.25, 0.3) is 0 Å². The SMILES string of the molecule is CC1=C(/C=C/C(C)=C/C=C/C(C)=C/C(=O)Nc2cccc(C(F)(F)F)c2)C(C)(C)CCC1Cn1ccnc1. The Labute approximate surface area is 223 Å². The normalized spacial score (nSPS) is 19.0. The van der Waals surface area contributed by atoms with Gasteiger partial charge in [-0.25, -0.2) is 4.98 Å². The van der Waals surface area contributed by atoms with Crippen molar-refractivity contribution in [1.29, 1.82) is 0 Å². The first-order chi connectivity index (χ1) is 17.8. The van der Waals surface area contributed by atoms with Crippen LogP contribution in [0.2, 0.25) is 0 Å². The number of anilines is 1. The number of alkyl halides is 3. The van der Waals surface area contributed by atoms with E-state index in [0.29, 0.717) is 11.5 Å². The Morgan fingerprint density at radius 2 is 1.97 bits per heavy atom. The van der Waals surface area contributed by atoms with E-state index < -0.39 is 17.6 Å². The Morgan fingerprint density at radius 3 is 2.66 bits per heavy atom. The molecule has 1 aromatic heterocycles. The van der Waals surface area contributed by atoms with Gasteiger partial charge >= 0.3 is 6.18 Å². The summed E-state index contributed by atoms with van der Waals surface area (Å²) in [7, 11) is 0. The molecule has 38 heavy (non-hydrogen) atoms. The van der Waals surface area contributed by atoms with E-state index >= 15 is 0 Å². The highest BCUT2D eigenvalue weighted by Crippen LogP contribution is 2.44. The highest BCUT2D eigenvalue weighted by Gasteiger charge is 2.32. The second-order valence-corrected chi connectivity index (χ2v) is 10.5. The fourth-order valence-electron chi connectivity index (χ4n) is 4.70. The standard InChI is InChI=1S/C31H36F3N3O/c1-22(12-13-28-24(3)25(14-15-30(28,4)5)20-37-17-16-35-21-37)8-6-9-23(2)18-29(38)36-27-11-7-10-26(19-27)31(32,33)34/h6-13,16-19,21,25H,14-15,20H2,1-5H3,(H,36,38)/b9-6+,13-12+,22-8+,23-18+. The van der Waals surface area contributed by atoms with E-state index in [1.807, 2.05) is 37.8 Å². The summed E-state index contributed by atoms with van der Waals surface area (Å²) >= 11 is 0. The highest BCUT2D eigenvalue weighted by molar-refractivity contribution is 6.00. The third-order valence-corrected chi connectivity index (χ3v) is 6.92. The Balaban J connectivity index is 1.63. The molecule has 1 amide bonds. The van der Waals surface area contributed by atoms with Gasteiger partial charge in [0.2, 0.25) is 5.91 Å².